The molecule has 0 aliphatic heterocycles. The number of nitrogens with zero attached hydrogens (tertiary/aromatic N) is 2. The summed E-state index contributed by atoms with van der Waals surface area (Å²) in [5.41, 5.74) is 5.06. The number of hydrogen-bond donors (Lipinski definition) is 1. The van der Waals surface area contributed by atoms with Gasteiger partial charge in [0.1, 0.15) is 5.75 Å². The van der Waals surface area contributed by atoms with Gasteiger partial charge in [-0.1, -0.05) is 0 Å². The van der Waals surface area contributed by atoms with Crippen molar-refractivity contribution < 1.29 is 9.84 Å². The molecule has 0 bridgehead atoms. The van der Waals surface area contributed by atoms with E-state index in [1.54, 1.807) is 4.68 Å². The minimum absolute atomic E-state index is 0.0388. The molecule has 2 aromatic rings. The Hall–Kier alpha value is -1.81. The monoisotopic (exact) mass is 260 g/mol. The molecule has 0 amide bonds. The zero-order chi connectivity index (χ0) is 14.0. The Labute approximate surface area is 113 Å². The molecule has 0 aliphatic rings. The summed E-state index contributed by atoms with van der Waals surface area (Å²) in [7, 11) is 1.89. The van der Waals surface area contributed by atoms with Gasteiger partial charge in [0, 0.05) is 12.6 Å². The van der Waals surface area contributed by atoms with Gasteiger partial charge in [-0.25, -0.2) is 0 Å². The van der Waals surface area contributed by atoms with Crippen molar-refractivity contribution in [1.82, 2.24) is 9.78 Å². The Balaban J connectivity index is 2.50. The largest absolute Gasteiger partial charge is 0.494 e. The maximum absolute atomic E-state index is 9.16. The summed E-state index contributed by atoms with van der Waals surface area (Å²) < 4.78 is 7.40. The average Bonchev–Trinajstić information content (AvgIpc) is 2.75. The van der Waals surface area contributed by atoms with Crippen LogP contribution >= 0.6 is 0 Å². The second kappa shape index (κ2) is 5.45. The van der Waals surface area contributed by atoms with Crippen molar-refractivity contribution in [3.63, 3.8) is 0 Å². The SMILES string of the molecule is CCOc1cc(C)c(-c2cc(CO)nn2C)cc1C. The highest BCUT2D eigenvalue weighted by Gasteiger charge is 2.12. The first-order chi connectivity index (χ1) is 9.06. The molecule has 0 fully saturated rings. The Morgan fingerprint density at radius 1 is 1.21 bits per heavy atom. The van der Waals surface area contributed by atoms with Gasteiger partial charge in [-0.3, -0.25) is 4.68 Å². The van der Waals surface area contributed by atoms with Crippen molar-refractivity contribution in [1.29, 1.82) is 0 Å². The number of aliphatic hydroxyl groups is 1. The second-order valence-corrected chi connectivity index (χ2v) is 4.67. The molecule has 4 nitrogen and oxygen atoms in total. The number of ether oxygens (including phenoxy) is 1. The van der Waals surface area contributed by atoms with Crippen LogP contribution in [0.4, 0.5) is 0 Å². The predicted octanol–water partition coefficient (Wildman–Crippen LogP) is 2.59. The third-order valence-electron chi connectivity index (χ3n) is 3.19. The first-order valence-corrected chi connectivity index (χ1v) is 6.45. The molecule has 1 N–H and O–H groups in total. The average molecular weight is 260 g/mol. The first-order valence-electron chi connectivity index (χ1n) is 6.45. The van der Waals surface area contributed by atoms with Crippen molar-refractivity contribution in [2.45, 2.75) is 27.4 Å². The van der Waals surface area contributed by atoms with Gasteiger partial charge in [0.05, 0.1) is 24.6 Å². The highest BCUT2D eigenvalue weighted by atomic mass is 16.5. The van der Waals surface area contributed by atoms with Gasteiger partial charge in [-0.2, -0.15) is 5.10 Å². The lowest BCUT2D eigenvalue weighted by Gasteiger charge is -2.12. The Morgan fingerprint density at radius 2 is 1.95 bits per heavy atom. The van der Waals surface area contributed by atoms with E-state index in [0.717, 1.165) is 28.1 Å². The molecule has 0 radical (unpaired) electrons. The topological polar surface area (TPSA) is 47.3 Å². The molecule has 0 saturated heterocycles. The summed E-state index contributed by atoms with van der Waals surface area (Å²) in [6.07, 6.45) is 0. The van der Waals surface area contributed by atoms with Crippen molar-refractivity contribution in [3.05, 3.63) is 35.0 Å². The molecule has 0 saturated carbocycles. The standard InChI is InChI=1S/C15H20N2O2/c1-5-19-15-7-10(2)13(6-11(15)3)14-8-12(9-18)16-17(14)4/h6-8,18H,5,9H2,1-4H3. The van der Waals surface area contributed by atoms with Crippen LogP contribution in [0.2, 0.25) is 0 Å². The van der Waals surface area contributed by atoms with Gasteiger partial charge >= 0.3 is 0 Å². The number of rotatable bonds is 4. The molecule has 0 spiro atoms. The van der Waals surface area contributed by atoms with Crippen molar-refractivity contribution in [3.8, 4) is 17.0 Å². The third-order valence-corrected chi connectivity index (χ3v) is 3.19. The van der Waals surface area contributed by atoms with Gasteiger partial charge in [0.25, 0.3) is 0 Å². The van der Waals surface area contributed by atoms with Crippen LogP contribution in [-0.4, -0.2) is 21.5 Å². The van der Waals surface area contributed by atoms with Crippen LogP contribution in [0.25, 0.3) is 11.3 Å². The fraction of sp³-hybridized carbons (Fsp3) is 0.400. The summed E-state index contributed by atoms with van der Waals surface area (Å²) in [6.45, 7) is 6.71. The van der Waals surface area contributed by atoms with E-state index < -0.39 is 0 Å². The third kappa shape index (κ3) is 2.63. The van der Waals surface area contributed by atoms with Gasteiger partial charge in [0.15, 0.2) is 0 Å². The molecule has 4 heteroatoms. The summed E-state index contributed by atoms with van der Waals surface area (Å²) in [5, 5.41) is 13.4. The number of benzene rings is 1. The zero-order valence-electron chi connectivity index (χ0n) is 11.9. The summed E-state index contributed by atoms with van der Waals surface area (Å²) in [4.78, 5) is 0. The van der Waals surface area contributed by atoms with E-state index in [1.165, 1.54) is 0 Å². The molecule has 102 valence electrons. The number of aromatic nitrogens is 2. The van der Waals surface area contributed by atoms with Crippen LogP contribution in [0.3, 0.4) is 0 Å². The van der Waals surface area contributed by atoms with E-state index in [-0.39, 0.29) is 6.61 Å². The van der Waals surface area contributed by atoms with E-state index in [1.807, 2.05) is 27.0 Å². The van der Waals surface area contributed by atoms with Crippen molar-refractivity contribution in [2.75, 3.05) is 6.61 Å². The normalized spacial score (nSPS) is 10.8. The predicted molar refractivity (Wildman–Crippen MR) is 75.2 cm³/mol. The lowest BCUT2D eigenvalue weighted by Crippen LogP contribution is -1.99. The molecule has 2 rings (SSSR count). The second-order valence-electron chi connectivity index (χ2n) is 4.67. The molecule has 1 aromatic heterocycles. The molecule has 1 aromatic carbocycles. The van der Waals surface area contributed by atoms with E-state index in [4.69, 9.17) is 9.84 Å². The molecule has 0 atom stereocenters. The van der Waals surface area contributed by atoms with Crippen LogP contribution in [-0.2, 0) is 13.7 Å². The Kier molecular flexibility index (Phi) is 3.90. The number of aryl methyl sites for hydroxylation is 3. The van der Waals surface area contributed by atoms with Crippen LogP contribution in [0.1, 0.15) is 23.7 Å². The Morgan fingerprint density at radius 3 is 2.53 bits per heavy atom. The quantitative estimate of drug-likeness (QED) is 0.919. The lowest BCUT2D eigenvalue weighted by molar-refractivity contribution is 0.275. The highest BCUT2D eigenvalue weighted by molar-refractivity contribution is 5.67. The Bertz CT molecular complexity index is 588. The molecule has 0 unspecified atom stereocenters. The molecule has 0 aliphatic carbocycles. The van der Waals surface area contributed by atoms with Crippen LogP contribution in [0, 0.1) is 13.8 Å². The van der Waals surface area contributed by atoms with Crippen LogP contribution in [0.15, 0.2) is 18.2 Å². The zero-order valence-corrected chi connectivity index (χ0v) is 11.9. The lowest BCUT2D eigenvalue weighted by atomic mass is 10.0. The van der Waals surface area contributed by atoms with Gasteiger partial charge < -0.3 is 9.84 Å². The molecule has 1 heterocycles. The summed E-state index contributed by atoms with van der Waals surface area (Å²) in [5.74, 6) is 0.924. The van der Waals surface area contributed by atoms with E-state index >= 15 is 0 Å². The molecular weight excluding hydrogens is 240 g/mol. The van der Waals surface area contributed by atoms with Gasteiger partial charge in [0.2, 0.25) is 0 Å². The first kappa shape index (κ1) is 13.6. The van der Waals surface area contributed by atoms with Crippen LogP contribution in [0.5, 0.6) is 5.75 Å². The van der Waals surface area contributed by atoms with Crippen LogP contribution < -0.4 is 4.74 Å². The van der Waals surface area contributed by atoms with E-state index in [0.29, 0.717) is 12.3 Å². The van der Waals surface area contributed by atoms with Crippen molar-refractivity contribution in [2.24, 2.45) is 7.05 Å². The number of hydrogen-bond acceptors (Lipinski definition) is 3. The fourth-order valence-electron chi connectivity index (χ4n) is 2.23. The van der Waals surface area contributed by atoms with E-state index in [2.05, 4.69) is 24.2 Å². The van der Waals surface area contributed by atoms with E-state index in [9.17, 15) is 0 Å². The maximum atomic E-state index is 9.16. The number of aliphatic hydroxyl groups excluding tert-OH is 1. The maximum Gasteiger partial charge on any atom is 0.122 e. The minimum atomic E-state index is -0.0388. The minimum Gasteiger partial charge on any atom is -0.494 e. The molecular formula is C15H20N2O2. The summed E-state index contributed by atoms with van der Waals surface area (Å²) in [6, 6.07) is 6.08. The fourth-order valence-corrected chi connectivity index (χ4v) is 2.23. The summed E-state index contributed by atoms with van der Waals surface area (Å²) >= 11 is 0. The highest BCUT2D eigenvalue weighted by Crippen LogP contribution is 2.30. The van der Waals surface area contributed by atoms with Gasteiger partial charge in [-0.15, -0.1) is 0 Å². The van der Waals surface area contributed by atoms with Crippen molar-refractivity contribution >= 4 is 0 Å². The van der Waals surface area contributed by atoms with Gasteiger partial charge in [-0.05, 0) is 50.1 Å². The molecule has 19 heavy (non-hydrogen) atoms. The smallest absolute Gasteiger partial charge is 0.122 e.